The van der Waals surface area contributed by atoms with Crippen LogP contribution in [0.2, 0.25) is 0 Å². The summed E-state index contributed by atoms with van der Waals surface area (Å²) in [6.07, 6.45) is 3.83. The maximum atomic E-state index is 13.6. The Labute approximate surface area is 208 Å². The van der Waals surface area contributed by atoms with Crippen molar-refractivity contribution < 1.29 is 9.18 Å². The molecular weight excluding hydrogens is 459 g/mol. The predicted octanol–water partition coefficient (Wildman–Crippen LogP) is 3.60. The van der Waals surface area contributed by atoms with Crippen LogP contribution in [0.3, 0.4) is 0 Å². The molecule has 9 heteroatoms. The van der Waals surface area contributed by atoms with Gasteiger partial charge in [-0.05, 0) is 41.8 Å². The standard InChI is InChI=1S/C27H27FN6O2/c1-29-27(36)32-22(16-18-6-4-3-5-7-18)17-31-26-33-24(20-12-14-30-15-13-20)23(25(35)34(26)2)19-8-10-21(28)11-9-19/h3-15,22H,16-17H2,1-2H3,(H,31,33)(H2,29,32,36). The lowest BCUT2D eigenvalue weighted by molar-refractivity contribution is 0.239. The zero-order valence-electron chi connectivity index (χ0n) is 20.0. The second-order valence-electron chi connectivity index (χ2n) is 8.26. The molecule has 2 heterocycles. The van der Waals surface area contributed by atoms with Crippen molar-refractivity contribution in [1.29, 1.82) is 0 Å². The maximum absolute atomic E-state index is 13.6. The van der Waals surface area contributed by atoms with E-state index in [4.69, 9.17) is 4.98 Å². The Morgan fingerprint density at radius 2 is 1.69 bits per heavy atom. The molecule has 0 spiro atoms. The second-order valence-corrected chi connectivity index (χ2v) is 8.26. The highest BCUT2D eigenvalue weighted by Gasteiger charge is 2.19. The molecule has 0 aliphatic carbocycles. The molecule has 2 amide bonds. The summed E-state index contributed by atoms with van der Waals surface area (Å²) in [5.41, 5.74) is 2.85. The fraction of sp³-hybridized carbons (Fsp3) is 0.185. The van der Waals surface area contributed by atoms with Crippen LogP contribution in [-0.2, 0) is 13.5 Å². The Balaban J connectivity index is 1.70. The minimum Gasteiger partial charge on any atom is -0.353 e. The summed E-state index contributed by atoms with van der Waals surface area (Å²) < 4.78 is 15.0. The molecule has 3 N–H and O–H groups in total. The lowest BCUT2D eigenvalue weighted by Gasteiger charge is -2.21. The number of carbonyl (C=O) groups excluding carboxylic acids is 1. The number of nitrogens with one attached hydrogen (secondary N) is 3. The number of hydrogen-bond acceptors (Lipinski definition) is 5. The van der Waals surface area contributed by atoms with Gasteiger partial charge in [0.25, 0.3) is 5.56 Å². The molecule has 2 aromatic carbocycles. The first-order chi connectivity index (χ1) is 17.5. The molecular formula is C27H27FN6O2. The van der Waals surface area contributed by atoms with E-state index < -0.39 is 0 Å². The first kappa shape index (κ1) is 24.6. The fourth-order valence-electron chi connectivity index (χ4n) is 3.90. The molecule has 0 saturated carbocycles. The normalized spacial score (nSPS) is 11.5. The average Bonchev–Trinajstić information content (AvgIpc) is 2.91. The number of rotatable bonds is 8. The SMILES string of the molecule is CNC(=O)NC(CNc1nc(-c2ccncc2)c(-c2ccc(F)cc2)c(=O)n1C)Cc1ccccc1. The summed E-state index contributed by atoms with van der Waals surface area (Å²) >= 11 is 0. The molecule has 4 rings (SSSR count). The molecule has 0 aliphatic rings. The molecule has 0 fully saturated rings. The van der Waals surface area contributed by atoms with Gasteiger partial charge in [0.15, 0.2) is 0 Å². The predicted molar refractivity (Wildman–Crippen MR) is 138 cm³/mol. The quantitative estimate of drug-likeness (QED) is 0.353. The minimum atomic E-state index is -0.389. The Morgan fingerprint density at radius 3 is 2.36 bits per heavy atom. The van der Waals surface area contributed by atoms with Gasteiger partial charge in [0.2, 0.25) is 5.95 Å². The lowest BCUT2D eigenvalue weighted by Crippen LogP contribution is -2.45. The number of benzene rings is 2. The van der Waals surface area contributed by atoms with Crippen LogP contribution < -0.4 is 21.5 Å². The highest BCUT2D eigenvalue weighted by molar-refractivity contribution is 5.80. The van der Waals surface area contributed by atoms with Gasteiger partial charge < -0.3 is 16.0 Å². The van der Waals surface area contributed by atoms with Gasteiger partial charge in [-0.2, -0.15) is 0 Å². The van der Waals surface area contributed by atoms with Crippen LogP contribution in [-0.4, -0.2) is 40.2 Å². The summed E-state index contributed by atoms with van der Waals surface area (Å²) in [6, 6.07) is 18.5. The average molecular weight is 487 g/mol. The first-order valence-electron chi connectivity index (χ1n) is 11.5. The molecule has 4 aromatic rings. The van der Waals surface area contributed by atoms with Crippen LogP contribution in [0.15, 0.2) is 83.9 Å². The van der Waals surface area contributed by atoms with E-state index >= 15 is 0 Å². The Morgan fingerprint density at radius 1 is 1.00 bits per heavy atom. The number of hydrogen-bond donors (Lipinski definition) is 3. The third-order valence-corrected chi connectivity index (χ3v) is 5.77. The van der Waals surface area contributed by atoms with Gasteiger partial charge in [-0.1, -0.05) is 42.5 Å². The molecule has 0 aliphatic heterocycles. The van der Waals surface area contributed by atoms with Crippen molar-refractivity contribution in [3.05, 3.63) is 101 Å². The monoisotopic (exact) mass is 486 g/mol. The third-order valence-electron chi connectivity index (χ3n) is 5.77. The number of carbonyl (C=O) groups is 1. The van der Waals surface area contributed by atoms with E-state index in [1.54, 1.807) is 50.8 Å². The van der Waals surface area contributed by atoms with Crippen molar-refractivity contribution in [2.75, 3.05) is 18.9 Å². The summed E-state index contributed by atoms with van der Waals surface area (Å²) in [7, 11) is 3.18. The molecule has 36 heavy (non-hydrogen) atoms. The van der Waals surface area contributed by atoms with Gasteiger partial charge in [-0.15, -0.1) is 0 Å². The molecule has 2 aromatic heterocycles. The van der Waals surface area contributed by atoms with Crippen molar-refractivity contribution in [3.8, 4) is 22.4 Å². The smallest absolute Gasteiger partial charge is 0.314 e. The fourth-order valence-corrected chi connectivity index (χ4v) is 3.90. The van der Waals surface area contributed by atoms with Gasteiger partial charge in [0.1, 0.15) is 5.82 Å². The molecule has 184 valence electrons. The highest BCUT2D eigenvalue weighted by atomic mass is 19.1. The van der Waals surface area contributed by atoms with E-state index in [-0.39, 0.29) is 23.4 Å². The number of anilines is 1. The van der Waals surface area contributed by atoms with Crippen molar-refractivity contribution in [1.82, 2.24) is 25.2 Å². The van der Waals surface area contributed by atoms with E-state index in [0.29, 0.717) is 41.3 Å². The zero-order chi connectivity index (χ0) is 25.5. The summed E-state index contributed by atoms with van der Waals surface area (Å²) in [4.78, 5) is 34.4. The molecule has 0 radical (unpaired) electrons. The molecule has 8 nitrogen and oxygen atoms in total. The van der Waals surface area contributed by atoms with Crippen LogP contribution in [0, 0.1) is 5.82 Å². The Hall–Kier alpha value is -4.53. The van der Waals surface area contributed by atoms with Gasteiger partial charge in [-0.3, -0.25) is 14.3 Å². The molecule has 0 bridgehead atoms. The zero-order valence-corrected chi connectivity index (χ0v) is 20.0. The molecule has 0 saturated heterocycles. The Bertz CT molecular complexity index is 1380. The van der Waals surface area contributed by atoms with Gasteiger partial charge in [0.05, 0.1) is 17.3 Å². The largest absolute Gasteiger partial charge is 0.353 e. The van der Waals surface area contributed by atoms with Crippen molar-refractivity contribution in [3.63, 3.8) is 0 Å². The van der Waals surface area contributed by atoms with Crippen LogP contribution in [0.25, 0.3) is 22.4 Å². The second kappa shape index (κ2) is 11.3. The van der Waals surface area contributed by atoms with Gasteiger partial charge in [-0.25, -0.2) is 14.2 Å². The van der Waals surface area contributed by atoms with E-state index in [0.717, 1.165) is 5.56 Å². The van der Waals surface area contributed by atoms with Crippen LogP contribution in [0.4, 0.5) is 15.1 Å². The third kappa shape index (κ3) is 5.75. The summed E-state index contributed by atoms with van der Waals surface area (Å²) in [5, 5.41) is 8.75. The minimum absolute atomic E-state index is 0.273. The number of pyridine rings is 1. The van der Waals surface area contributed by atoms with Crippen LogP contribution in [0.5, 0.6) is 0 Å². The number of halogens is 1. The molecule has 1 atom stereocenters. The van der Waals surface area contributed by atoms with Gasteiger partial charge >= 0.3 is 6.03 Å². The van der Waals surface area contributed by atoms with Crippen molar-refractivity contribution >= 4 is 12.0 Å². The van der Waals surface area contributed by atoms with Crippen molar-refractivity contribution in [2.24, 2.45) is 7.05 Å². The number of amides is 2. The van der Waals surface area contributed by atoms with E-state index in [2.05, 4.69) is 20.9 Å². The first-order valence-corrected chi connectivity index (χ1v) is 11.5. The highest BCUT2D eigenvalue weighted by Crippen LogP contribution is 2.28. The number of nitrogens with zero attached hydrogens (tertiary/aromatic N) is 3. The Kier molecular flexibility index (Phi) is 7.69. The van der Waals surface area contributed by atoms with E-state index in [1.165, 1.54) is 16.7 Å². The summed E-state index contributed by atoms with van der Waals surface area (Å²) in [5.74, 6) is -0.0465. The van der Waals surface area contributed by atoms with Crippen molar-refractivity contribution in [2.45, 2.75) is 12.5 Å². The number of urea groups is 1. The van der Waals surface area contributed by atoms with Gasteiger partial charge in [0, 0.05) is 38.6 Å². The van der Waals surface area contributed by atoms with E-state index in [9.17, 15) is 14.0 Å². The topological polar surface area (TPSA) is 101 Å². The maximum Gasteiger partial charge on any atom is 0.314 e. The van der Waals surface area contributed by atoms with Crippen LogP contribution >= 0.6 is 0 Å². The van der Waals surface area contributed by atoms with E-state index in [1.807, 2.05) is 30.3 Å². The lowest BCUT2D eigenvalue weighted by atomic mass is 10.0. The summed E-state index contributed by atoms with van der Waals surface area (Å²) in [6.45, 7) is 0.328. The molecule has 1 unspecified atom stereocenters. The van der Waals surface area contributed by atoms with Crippen LogP contribution in [0.1, 0.15) is 5.56 Å². The number of aromatic nitrogens is 3.